The van der Waals surface area contributed by atoms with Gasteiger partial charge in [0.1, 0.15) is 11.4 Å². The van der Waals surface area contributed by atoms with Gasteiger partial charge in [-0.1, -0.05) is 0 Å². The molecule has 2 rings (SSSR count). The second kappa shape index (κ2) is 4.09. The Balaban J connectivity index is 2.93. The molecule has 0 aromatic carbocycles. The minimum Gasteiger partial charge on any atom is -0.494 e. The topological polar surface area (TPSA) is 116 Å². The summed E-state index contributed by atoms with van der Waals surface area (Å²) in [6.45, 7) is 0. The van der Waals surface area contributed by atoms with Gasteiger partial charge in [-0.2, -0.15) is 0 Å². The number of carbonyl (C=O) groups excluding carboxylic acids is 1. The zero-order valence-corrected chi connectivity index (χ0v) is 10.6. The van der Waals surface area contributed by atoms with Crippen molar-refractivity contribution in [2.24, 2.45) is 7.05 Å². The maximum atomic E-state index is 12.0. The van der Waals surface area contributed by atoms with Crippen molar-refractivity contribution in [1.29, 1.82) is 5.41 Å². The van der Waals surface area contributed by atoms with Gasteiger partial charge in [0, 0.05) is 19.7 Å². The van der Waals surface area contributed by atoms with Crippen LogP contribution < -0.4 is 5.56 Å². The molecule has 3 N–H and O–H groups in total. The average Bonchev–Trinajstić information content (AvgIpc) is 2.61. The van der Waals surface area contributed by atoms with Crippen LogP contribution in [0.1, 0.15) is 27.7 Å². The van der Waals surface area contributed by atoms with Crippen molar-refractivity contribution in [3.63, 3.8) is 0 Å². The van der Waals surface area contributed by atoms with Gasteiger partial charge in [-0.3, -0.25) is 14.8 Å². The summed E-state index contributed by atoms with van der Waals surface area (Å²) in [5, 5.41) is 27.7. The molecule has 0 amide bonds. The van der Waals surface area contributed by atoms with E-state index in [2.05, 4.69) is 4.74 Å². The average molecular weight is 267 g/mol. The van der Waals surface area contributed by atoms with Crippen molar-refractivity contribution in [2.75, 3.05) is 14.2 Å². The Bertz CT molecular complexity index is 649. The highest BCUT2D eigenvalue weighted by molar-refractivity contribution is 6.05. The predicted molar refractivity (Wildman–Crippen MR) is 64.2 cm³/mol. The number of hydrogen-bond donors (Lipinski definition) is 3. The molecular formula is C11H13N3O5. The maximum Gasteiger partial charge on any atom is 0.343 e. The Morgan fingerprint density at radius 3 is 2.53 bits per heavy atom. The Kier molecular flexibility index (Phi) is 2.82. The number of aliphatic hydroxyl groups is 1. The molecule has 19 heavy (non-hydrogen) atoms. The van der Waals surface area contributed by atoms with Crippen LogP contribution in [0.5, 0.6) is 5.88 Å². The van der Waals surface area contributed by atoms with Crippen molar-refractivity contribution >= 4 is 11.8 Å². The van der Waals surface area contributed by atoms with E-state index in [4.69, 9.17) is 5.41 Å². The number of aliphatic hydroxyl groups excluding tert-OH is 1. The van der Waals surface area contributed by atoms with Gasteiger partial charge in [-0.25, -0.2) is 4.79 Å². The highest BCUT2D eigenvalue weighted by atomic mass is 16.5. The highest BCUT2D eigenvalue weighted by Crippen LogP contribution is 2.35. The summed E-state index contributed by atoms with van der Waals surface area (Å²) >= 11 is 0. The van der Waals surface area contributed by atoms with Crippen LogP contribution in [0, 0.1) is 5.41 Å². The molecule has 1 aliphatic rings. The summed E-state index contributed by atoms with van der Waals surface area (Å²) in [6, 6.07) is 0. The third-order valence-electron chi connectivity index (χ3n) is 3.20. The van der Waals surface area contributed by atoms with Crippen LogP contribution in [0.15, 0.2) is 4.79 Å². The van der Waals surface area contributed by atoms with E-state index in [-0.39, 0.29) is 22.5 Å². The predicted octanol–water partition coefficient (Wildman–Crippen LogP) is -0.861. The van der Waals surface area contributed by atoms with Crippen LogP contribution >= 0.6 is 0 Å². The molecule has 1 unspecified atom stereocenters. The largest absolute Gasteiger partial charge is 0.494 e. The van der Waals surface area contributed by atoms with Crippen molar-refractivity contribution in [1.82, 2.24) is 9.47 Å². The molecule has 8 nitrogen and oxygen atoms in total. The minimum absolute atomic E-state index is 0.0973. The monoisotopic (exact) mass is 267 g/mol. The van der Waals surface area contributed by atoms with Crippen molar-refractivity contribution in [3.05, 3.63) is 27.0 Å². The zero-order chi connectivity index (χ0) is 14.5. The van der Waals surface area contributed by atoms with Gasteiger partial charge in [0.2, 0.25) is 5.88 Å². The number of rotatable bonds is 1. The van der Waals surface area contributed by atoms with Crippen LogP contribution in [0.25, 0.3) is 0 Å². The summed E-state index contributed by atoms with van der Waals surface area (Å²) in [5.74, 6) is -1.70. The van der Waals surface area contributed by atoms with Gasteiger partial charge in [0.05, 0.1) is 12.7 Å². The molecule has 1 aliphatic heterocycles. The van der Waals surface area contributed by atoms with E-state index in [0.717, 1.165) is 16.6 Å². The lowest BCUT2D eigenvalue weighted by Gasteiger charge is -2.17. The fourth-order valence-electron chi connectivity index (χ4n) is 2.07. The molecule has 0 spiro atoms. The lowest BCUT2D eigenvalue weighted by Crippen LogP contribution is -2.28. The number of fused-ring (bicyclic) bond motifs is 1. The standard InChI is InChI=1S/C11H13N3O5/c1-13-7(12)5-4(8(13)15)6(11(18)19-3)10(17)14(2)9(5)16/h8,12,15,17H,1-3H3. The highest BCUT2D eigenvalue weighted by Gasteiger charge is 2.39. The van der Waals surface area contributed by atoms with Gasteiger partial charge in [-0.05, 0) is 0 Å². The summed E-state index contributed by atoms with van der Waals surface area (Å²) in [5.41, 5.74) is -1.18. The fraction of sp³-hybridized carbons (Fsp3) is 0.364. The van der Waals surface area contributed by atoms with Crippen LogP contribution in [-0.4, -0.2) is 45.6 Å². The number of hydrogen-bond acceptors (Lipinski definition) is 6. The Morgan fingerprint density at radius 2 is 2.00 bits per heavy atom. The molecule has 0 bridgehead atoms. The Labute approximate surface area is 108 Å². The third-order valence-corrected chi connectivity index (χ3v) is 3.20. The molecule has 1 aromatic rings. The second-order valence-electron chi connectivity index (χ2n) is 4.18. The van der Waals surface area contributed by atoms with Crippen LogP contribution in [0.2, 0.25) is 0 Å². The minimum atomic E-state index is -1.35. The lowest BCUT2D eigenvalue weighted by molar-refractivity contribution is 0.0555. The Morgan fingerprint density at radius 1 is 1.42 bits per heavy atom. The van der Waals surface area contributed by atoms with E-state index in [1.165, 1.54) is 14.1 Å². The molecule has 8 heteroatoms. The van der Waals surface area contributed by atoms with E-state index in [0.29, 0.717) is 0 Å². The van der Waals surface area contributed by atoms with Crippen LogP contribution in [-0.2, 0) is 11.8 Å². The zero-order valence-electron chi connectivity index (χ0n) is 10.6. The molecular weight excluding hydrogens is 254 g/mol. The van der Waals surface area contributed by atoms with Crippen molar-refractivity contribution in [2.45, 2.75) is 6.23 Å². The fourth-order valence-corrected chi connectivity index (χ4v) is 2.07. The SMILES string of the molecule is COC(=O)c1c2c(c(=O)n(C)c1O)C(=N)N(C)C2O. The van der Waals surface area contributed by atoms with Gasteiger partial charge >= 0.3 is 5.97 Å². The van der Waals surface area contributed by atoms with Gasteiger partial charge in [0.25, 0.3) is 5.56 Å². The molecule has 102 valence electrons. The smallest absolute Gasteiger partial charge is 0.343 e. The molecule has 1 aromatic heterocycles. The first-order valence-corrected chi connectivity index (χ1v) is 5.36. The number of esters is 1. The maximum absolute atomic E-state index is 12.0. The second-order valence-corrected chi connectivity index (χ2v) is 4.18. The van der Waals surface area contributed by atoms with E-state index in [1.807, 2.05) is 0 Å². The summed E-state index contributed by atoms with van der Waals surface area (Å²) in [6.07, 6.45) is -1.35. The molecule has 2 heterocycles. The van der Waals surface area contributed by atoms with Crippen LogP contribution in [0.3, 0.4) is 0 Å². The summed E-state index contributed by atoms with van der Waals surface area (Å²) < 4.78 is 5.38. The number of aromatic nitrogens is 1. The third kappa shape index (κ3) is 1.53. The molecule has 0 radical (unpaired) electrons. The quantitative estimate of drug-likeness (QED) is 0.570. The molecule has 0 aliphatic carbocycles. The van der Waals surface area contributed by atoms with E-state index in [9.17, 15) is 19.8 Å². The number of ether oxygens (including phenoxy) is 1. The number of carbonyl (C=O) groups is 1. The first-order chi connectivity index (χ1) is 8.82. The Hall–Kier alpha value is -2.35. The number of nitrogens with zero attached hydrogens (tertiary/aromatic N) is 2. The van der Waals surface area contributed by atoms with Gasteiger partial charge < -0.3 is 19.8 Å². The van der Waals surface area contributed by atoms with Crippen LogP contribution in [0.4, 0.5) is 0 Å². The number of nitrogens with one attached hydrogen (secondary N) is 1. The molecule has 0 saturated heterocycles. The summed E-state index contributed by atoms with van der Waals surface area (Å²) in [4.78, 5) is 24.9. The van der Waals surface area contributed by atoms with E-state index in [1.54, 1.807) is 0 Å². The molecule has 1 atom stereocenters. The lowest BCUT2D eigenvalue weighted by atomic mass is 10.0. The van der Waals surface area contributed by atoms with Crippen molar-refractivity contribution in [3.8, 4) is 5.88 Å². The van der Waals surface area contributed by atoms with E-state index < -0.39 is 23.6 Å². The first-order valence-electron chi connectivity index (χ1n) is 5.36. The summed E-state index contributed by atoms with van der Waals surface area (Å²) in [7, 11) is 3.79. The number of aromatic hydroxyl groups is 1. The first kappa shape index (κ1) is 13.1. The number of pyridine rings is 1. The van der Waals surface area contributed by atoms with Crippen molar-refractivity contribution < 1.29 is 19.7 Å². The number of amidine groups is 1. The number of methoxy groups -OCH3 is 1. The van der Waals surface area contributed by atoms with Gasteiger partial charge in [-0.15, -0.1) is 0 Å². The molecule has 0 saturated carbocycles. The van der Waals surface area contributed by atoms with Gasteiger partial charge in [0.15, 0.2) is 6.23 Å². The van der Waals surface area contributed by atoms with E-state index >= 15 is 0 Å². The molecule has 0 fully saturated rings. The normalized spacial score (nSPS) is 17.6.